The summed E-state index contributed by atoms with van der Waals surface area (Å²) in [7, 11) is 0. The van der Waals surface area contributed by atoms with E-state index in [1.807, 2.05) is 56.0 Å². The summed E-state index contributed by atoms with van der Waals surface area (Å²) in [4.78, 5) is 23.2. The predicted octanol–water partition coefficient (Wildman–Crippen LogP) is 2.97. The molecule has 1 saturated heterocycles. The van der Waals surface area contributed by atoms with Crippen LogP contribution in [0.4, 0.5) is 0 Å². The Bertz CT molecular complexity index is 1170. The first kappa shape index (κ1) is 19.4. The smallest absolute Gasteiger partial charge is 0.253 e. The van der Waals surface area contributed by atoms with E-state index in [-0.39, 0.29) is 28.6 Å². The summed E-state index contributed by atoms with van der Waals surface area (Å²) >= 11 is 0. The van der Waals surface area contributed by atoms with Gasteiger partial charge in [0.1, 0.15) is 12.4 Å². The lowest BCUT2D eigenvalue weighted by Gasteiger charge is -2.58. The van der Waals surface area contributed by atoms with Crippen molar-refractivity contribution < 1.29 is 9.32 Å². The average molecular weight is 417 g/mol. The molecule has 1 amide bonds. The van der Waals surface area contributed by atoms with Crippen LogP contribution in [0, 0.1) is 16.7 Å². The SMILES string of the molecule is CC(C)(C)c1nc(-c2ccc(C(=O)N3CC4(CC(n5cnc(C#N)n5)C4)C3)cc2)no1. The van der Waals surface area contributed by atoms with Crippen LogP contribution in [-0.4, -0.2) is 48.8 Å². The number of rotatable bonds is 3. The van der Waals surface area contributed by atoms with Gasteiger partial charge in [-0.05, 0) is 25.0 Å². The molecular formula is C22H23N7O2. The molecule has 9 heteroatoms. The van der Waals surface area contributed by atoms with Crippen molar-refractivity contribution in [2.75, 3.05) is 13.1 Å². The second-order valence-corrected chi connectivity index (χ2v) is 9.63. The van der Waals surface area contributed by atoms with Gasteiger partial charge in [0.15, 0.2) is 0 Å². The van der Waals surface area contributed by atoms with Crippen LogP contribution in [0.25, 0.3) is 11.4 Å². The van der Waals surface area contributed by atoms with E-state index in [0.717, 1.165) is 31.5 Å². The van der Waals surface area contributed by atoms with E-state index >= 15 is 0 Å². The molecule has 1 spiro atoms. The van der Waals surface area contributed by atoms with Crippen molar-refractivity contribution in [2.24, 2.45) is 5.41 Å². The molecule has 0 atom stereocenters. The fraction of sp³-hybridized carbons (Fsp3) is 0.455. The molecular weight excluding hydrogens is 394 g/mol. The highest BCUT2D eigenvalue weighted by molar-refractivity contribution is 5.95. The molecule has 1 aliphatic carbocycles. The van der Waals surface area contributed by atoms with Gasteiger partial charge in [0.05, 0.1) is 6.04 Å². The Balaban J connectivity index is 1.19. The van der Waals surface area contributed by atoms with Crippen LogP contribution in [0.5, 0.6) is 0 Å². The Labute approximate surface area is 179 Å². The van der Waals surface area contributed by atoms with Gasteiger partial charge >= 0.3 is 0 Å². The van der Waals surface area contributed by atoms with Gasteiger partial charge in [-0.15, -0.1) is 5.10 Å². The zero-order valence-electron chi connectivity index (χ0n) is 17.7. The maximum Gasteiger partial charge on any atom is 0.253 e. The van der Waals surface area contributed by atoms with Crippen molar-refractivity contribution in [1.29, 1.82) is 5.26 Å². The van der Waals surface area contributed by atoms with Gasteiger partial charge < -0.3 is 9.42 Å². The lowest BCUT2D eigenvalue weighted by molar-refractivity contribution is -0.0739. The van der Waals surface area contributed by atoms with Crippen LogP contribution in [0.3, 0.4) is 0 Å². The molecule has 0 unspecified atom stereocenters. The molecule has 158 valence electrons. The molecule has 5 rings (SSSR count). The summed E-state index contributed by atoms with van der Waals surface area (Å²) < 4.78 is 7.13. The van der Waals surface area contributed by atoms with Crippen molar-refractivity contribution in [3.63, 3.8) is 0 Å². The first-order valence-electron chi connectivity index (χ1n) is 10.3. The average Bonchev–Trinajstić information content (AvgIpc) is 3.35. The highest BCUT2D eigenvalue weighted by atomic mass is 16.5. The van der Waals surface area contributed by atoms with Gasteiger partial charge in [-0.3, -0.25) is 4.79 Å². The molecule has 9 nitrogen and oxygen atoms in total. The lowest BCUT2D eigenvalue weighted by atomic mass is 9.60. The van der Waals surface area contributed by atoms with Gasteiger partial charge in [0.2, 0.25) is 11.7 Å². The number of hydrogen-bond acceptors (Lipinski definition) is 7. The highest BCUT2D eigenvalue weighted by Gasteiger charge is 2.54. The monoisotopic (exact) mass is 417 g/mol. The molecule has 0 radical (unpaired) electrons. The highest BCUT2D eigenvalue weighted by Crippen LogP contribution is 2.54. The Hall–Kier alpha value is -3.54. The summed E-state index contributed by atoms with van der Waals surface area (Å²) in [5, 5.41) is 17.1. The van der Waals surface area contributed by atoms with Crippen LogP contribution in [0.1, 0.15) is 61.7 Å². The van der Waals surface area contributed by atoms with Crippen LogP contribution in [0.15, 0.2) is 35.1 Å². The lowest BCUT2D eigenvalue weighted by Crippen LogP contribution is -2.63. The maximum absolute atomic E-state index is 12.8. The quantitative estimate of drug-likeness (QED) is 0.643. The first-order chi connectivity index (χ1) is 14.8. The summed E-state index contributed by atoms with van der Waals surface area (Å²) in [5.41, 5.74) is 1.44. The summed E-state index contributed by atoms with van der Waals surface area (Å²) in [6.07, 6.45) is 3.53. The Morgan fingerprint density at radius 2 is 1.94 bits per heavy atom. The van der Waals surface area contributed by atoms with E-state index in [9.17, 15) is 4.79 Å². The number of nitriles is 1. The van der Waals surface area contributed by atoms with E-state index in [4.69, 9.17) is 9.78 Å². The zero-order chi connectivity index (χ0) is 21.8. The summed E-state index contributed by atoms with van der Waals surface area (Å²) in [5.74, 6) is 1.35. The van der Waals surface area contributed by atoms with Crippen molar-refractivity contribution in [2.45, 2.75) is 45.1 Å². The molecule has 2 aliphatic rings. The van der Waals surface area contributed by atoms with Crippen molar-refractivity contribution in [1.82, 2.24) is 29.8 Å². The maximum atomic E-state index is 12.8. The zero-order valence-corrected chi connectivity index (χ0v) is 17.7. The minimum atomic E-state index is -0.207. The number of carbonyl (C=O) groups is 1. The number of benzene rings is 1. The molecule has 2 aromatic heterocycles. The number of aromatic nitrogens is 5. The fourth-order valence-corrected chi connectivity index (χ4v) is 4.38. The Kier molecular flexibility index (Phi) is 4.22. The third kappa shape index (κ3) is 3.38. The topological polar surface area (TPSA) is 114 Å². The second kappa shape index (κ2) is 6.74. The van der Waals surface area contributed by atoms with Gasteiger partial charge in [0.25, 0.3) is 11.7 Å². The number of hydrogen-bond donors (Lipinski definition) is 0. The number of amides is 1. The fourth-order valence-electron chi connectivity index (χ4n) is 4.38. The van der Waals surface area contributed by atoms with E-state index in [1.165, 1.54) is 0 Å². The molecule has 0 N–H and O–H groups in total. The third-order valence-corrected chi connectivity index (χ3v) is 6.12. The normalized spacial score (nSPS) is 17.8. The van der Waals surface area contributed by atoms with Gasteiger partial charge in [-0.2, -0.15) is 10.2 Å². The summed E-state index contributed by atoms with van der Waals surface area (Å²) in [6.45, 7) is 7.57. The largest absolute Gasteiger partial charge is 0.338 e. The van der Waals surface area contributed by atoms with E-state index in [1.54, 1.807) is 11.0 Å². The van der Waals surface area contributed by atoms with E-state index in [0.29, 0.717) is 17.3 Å². The number of likely N-dealkylation sites (tertiary alicyclic amines) is 1. The molecule has 3 aromatic rings. The Morgan fingerprint density at radius 1 is 1.23 bits per heavy atom. The molecule has 31 heavy (non-hydrogen) atoms. The molecule has 3 heterocycles. The van der Waals surface area contributed by atoms with Crippen LogP contribution in [-0.2, 0) is 5.41 Å². The molecule has 1 aromatic carbocycles. The van der Waals surface area contributed by atoms with Crippen molar-refractivity contribution in [3.05, 3.63) is 47.9 Å². The molecule has 2 fully saturated rings. The van der Waals surface area contributed by atoms with Crippen LogP contribution < -0.4 is 0 Å². The van der Waals surface area contributed by atoms with Crippen LogP contribution >= 0.6 is 0 Å². The third-order valence-electron chi connectivity index (χ3n) is 6.12. The van der Waals surface area contributed by atoms with Gasteiger partial charge in [-0.25, -0.2) is 9.67 Å². The van der Waals surface area contributed by atoms with Crippen LogP contribution in [0.2, 0.25) is 0 Å². The first-order valence-corrected chi connectivity index (χ1v) is 10.3. The van der Waals surface area contributed by atoms with Gasteiger partial charge in [-0.1, -0.05) is 38.1 Å². The molecule has 0 bridgehead atoms. The minimum Gasteiger partial charge on any atom is -0.338 e. The standard InChI is InChI=1S/C22H23N7O2/c1-21(2,3)20-25-18(27-31-20)14-4-6-15(7-5-14)19(30)28-11-22(12-28)8-16(9-22)29-13-24-17(10-23)26-29/h4-7,13,16H,8-9,11-12H2,1-3H3. The van der Waals surface area contributed by atoms with Crippen molar-refractivity contribution in [3.8, 4) is 17.5 Å². The number of carbonyl (C=O) groups excluding carboxylic acids is 1. The van der Waals surface area contributed by atoms with Crippen molar-refractivity contribution >= 4 is 5.91 Å². The van der Waals surface area contributed by atoms with E-state index < -0.39 is 0 Å². The van der Waals surface area contributed by atoms with E-state index in [2.05, 4.69) is 20.2 Å². The molecule has 1 saturated carbocycles. The number of nitrogens with zero attached hydrogens (tertiary/aromatic N) is 7. The summed E-state index contributed by atoms with van der Waals surface area (Å²) in [6, 6.07) is 9.57. The Morgan fingerprint density at radius 3 is 2.52 bits per heavy atom. The molecule has 1 aliphatic heterocycles. The minimum absolute atomic E-state index is 0.0386. The predicted molar refractivity (Wildman–Crippen MR) is 110 cm³/mol. The second-order valence-electron chi connectivity index (χ2n) is 9.63. The van der Waals surface area contributed by atoms with Gasteiger partial charge in [0, 0.05) is 35.0 Å².